The molecule has 1 aliphatic carbocycles. The molecule has 0 aliphatic heterocycles. The number of ether oxygens (including phenoxy) is 1. The molecule has 0 radical (unpaired) electrons. The van der Waals surface area contributed by atoms with E-state index in [1.807, 2.05) is 54.8 Å². The van der Waals surface area contributed by atoms with Gasteiger partial charge in [-0.25, -0.2) is 4.79 Å². The minimum Gasteiger partial charge on any atom is -0.448 e. The monoisotopic (exact) mass is 419 g/mol. The van der Waals surface area contributed by atoms with E-state index in [0.717, 1.165) is 41.5 Å². The van der Waals surface area contributed by atoms with Crippen molar-refractivity contribution in [3.63, 3.8) is 0 Å². The van der Waals surface area contributed by atoms with Crippen molar-refractivity contribution in [3.05, 3.63) is 81.5 Å². The summed E-state index contributed by atoms with van der Waals surface area (Å²) >= 11 is 1.33. The molecule has 2 aromatic carbocycles. The van der Waals surface area contributed by atoms with Crippen LogP contribution in [0, 0.1) is 6.92 Å². The summed E-state index contributed by atoms with van der Waals surface area (Å²) in [4.78, 5) is 26.0. The van der Waals surface area contributed by atoms with Crippen molar-refractivity contribution >= 4 is 23.2 Å². The molecule has 0 saturated heterocycles. The Labute approximate surface area is 180 Å². The van der Waals surface area contributed by atoms with Gasteiger partial charge in [-0.05, 0) is 61.2 Å². The number of esters is 1. The number of fused-ring (bicyclic) bond motifs is 1. The van der Waals surface area contributed by atoms with Crippen LogP contribution in [0.25, 0.3) is 11.1 Å². The van der Waals surface area contributed by atoms with E-state index in [0.29, 0.717) is 4.88 Å². The maximum Gasteiger partial charge on any atom is 0.349 e. The average molecular weight is 420 g/mol. The molecule has 0 spiro atoms. The Morgan fingerprint density at radius 2 is 1.87 bits per heavy atom. The molecule has 0 fully saturated rings. The summed E-state index contributed by atoms with van der Waals surface area (Å²) in [6.45, 7) is 3.65. The van der Waals surface area contributed by atoms with Gasteiger partial charge in [-0.15, -0.1) is 11.3 Å². The minimum absolute atomic E-state index is 0.0338. The second kappa shape index (κ2) is 8.84. The normalized spacial score (nSPS) is 16.4. The predicted octanol–water partition coefficient (Wildman–Crippen LogP) is 5.46. The Kier molecular flexibility index (Phi) is 6.00. The molecular weight excluding hydrogens is 394 g/mol. The van der Waals surface area contributed by atoms with Crippen LogP contribution in [0.4, 0.5) is 0 Å². The Morgan fingerprint density at radius 1 is 1.10 bits per heavy atom. The standard InChI is InChI=1S/C25H25NO3S/c1-16-10-12-19(13-11-16)21-14-15-30-23(21)25(28)29-17(2)24(27)26-22-9-5-7-18-6-3-4-8-20(18)22/h3-4,6,8,10-15,17,22H,5,7,9H2,1-2H3,(H,26,27)/t17-,22-/m0/s1. The Bertz CT molecular complexity index is 1050. The second-order valence-electron chi connectivity index (χ2n) is 7.73. The molecule has 5 heteroatoms. The fraction of sp³-hybridized carbons (Fsp3) is 0.280. The number of hydrogen-bond donors (Lipinski definition) is 1. The Hall–Kier alpha value is -2.92. The first kappa shape index (κ1) is 20.4. The highest BCUT2D eigenvalue weighted by Gasteiger charge is 2.26. The first-order valence-corrected chi connectivity index (χ1v) is 11.1. The molecule has 1 aliphatic rings. The van der Waals surface area contributed by atoms with Crippen molar-refractivity contribution in [1.29, 1.82) is 0 Å². The molecule has 2 atom stereocenters. The number of amides is 1. The summed E-state index contributed by atoms with van der Waals surface area (Å²) in [6, 6.07) is 18.1. The highest BCUT2D eigenvalue weighted by molar-refractivity contribution is 7.12. The van der Waals surface area contributed by atoms with E-state index < -0.39 is 12.1 Å². The van der Waals surface area contributed by atoms with E-state index in [1.165, 1.54) is 16.9 Å². The molecule has 154 valence electrons. The van der Waals surface area contributed by atoms with Crippen LogP contribution >= 0.6 is 11.3 Å². The molecule has 0 unspecified atom stereocenters. The molecule has 30 heavy (non-hydrogen) atoms. The van der Waals surface area contributed by atoms with Gasteiger partial charge in [0.25, 0.3) is 5.91 Å². The molecule has 1 N–H and O–H groups in total. The van der Waals surface area contributed by atoms with E-state index in [-0.39, 0.29) is 11.9 Å². The number of benzene rings is 2. The van der Waals surface area contributed by atoms with Crippen LogP contribution in [0.2, 0.25) is 0 Å². The molecule has 0 saturated carbocycles. The van der Waals surface area contributed by atoms with Gasteiger partial charge in [0.2, 0.25) is 0 Å². The number of hydrogen-bond acceptors (Lipinski definition) is 4. The van der Waals surface area contributed by atoms with E-state index in [2.05, 4.69) is 17.4 Å². The minimum atomic E-state index is -0.862. The lowest BCUT2D eigenvalue weighted by atomic mass is 9.87. The van der Waals surface area contributed by atoms with Crippen LogP contribution in [-0.4, -0.2) is 18.0 Å². The predicted molar refractivity (Wildman–Crippen MR) is 120 cm³/mol. The van der Waals surface area contributed by atoms with Gasteiger partial charge in [0, 0.05) is 5.56 Å². The number of carbonyl (C=O) groups is 2. The molecule has 4 rings (SSSR count). The largest absolute Gasteiger partial charge is 0.448 e. The lowest BCUT2D eigenvalue weighted by molar-refractivity contribution is -0.130. The van der Waals surface area contributed by atoms with Crippen molar-refractivity contribution in [1.82, 2.24) is 5.32 Å². The zero-order valence-electron chi connectivity index (χ0n) is 17.2. The fourth-order valence-electron chi connectivity index (χ4n) is 3.89. The smallest absolute Gasteiger partial charge is 0.349 e. The maximum atomic E-state index is 12.8. The third-order valence-electron chi connectivity index (χ3n) is 5.55. The molecule has 3 aromatic rings. The van der Waals surface area contributed by atoms with Crippen LogP contribution in [0.3, 0.4) is 0 Å². The fourth-order valence-corrected chi connectivity index (χ4v) is 4.69. The van der Waals surface area contributed by atoms with Crippen molar-refractivity contribution in [3.8, 4) is 11.1 Å². The quantitative estimate of drug-likeness (QED) is 0.559. The Balaban J connectivity index is 1.43. The van der Waals surface area contributed by atoms with Gasteiger partial charge in [0.05, 0.1) is 6.04 Å². The zero-order chi connectivity index (χ0) is 21.1. The summed E-state index contributed by atoms with van der Waals surface area (Å²) in [5.41, 5.74) is 5.40. The summed E-state index contributed by atoms with van der Waals surface area (Å²) in [5.74, 6) is -0.731. The van der Waals surface area contributed by atoms with Crippen LogP contribution < -0.4 is 5.32 Å². The third kappa shape index (κ3) is 4.31. The van der Waals surface area contributed by atoms with Gasteiger partial charge in [0.15, 0.2) is 6.10 Å². The van der Waals surface area contributed by atoms with Crippen LogP contribution in [-0.2, 0) is 16.0 Å². The molecule has 0 bridgehead atoms. The summed E-state index contributed by atoms with van der Waals surface area (Å²) in [6.07, 6.45) is 2.10. The lowest BCUT2D eigenvalue weighted by Crippen LogP contribution is -2.39. The van der Waals surface area contributed by atoms with Gasteiger partial charge >= 0.3 is 5.97 Å². The molecular formula is C25H25NO3S. The number of rotatable bonds is 5. The second-order valence-corrected chi connectivity index (χ2v) is 8.65. The SMILES string of the molecule is Cc1ccc(-c2ccsc2C(=O)O[C@@H](C)C(=O)N[C@H]2CCCc3ccccc32)cc1. The van der Waals surface area contributed by atoms with Crippen molar-refractivity contribution < 1.29 is 14.3 Å². The van der Waals surface area contributed by atoms with Gasteiger partial charge in [0.1, 0.15) is 4.88 Å². The first-order chi connectivity index (χ1) is 14.5. The highest BCUT2D eigenvalue weighted by Crippen LogP contribution is 2.31. The number of carbonyl (C=O) groups excluding carboxylic acids is 2. The Morgan fingerprint density at radius 3 is 2.67 bits per heavy atom. The van der Waals surface area contributed by atoms with Gasteiger partial charge < -0.3 is 10.1 Å². The van der Waals surface area contributed by atoms with Crippen LogP contribution in [0.1, 0.15) is 52.2 Å². The van der Waals surface area contributed by atoms with Gasteiger partial charge in [-0.3, -0.25) is 4.79 Å². The average Bonchev–Trinajstić information content (AvgIpc) is 3.24. The van der Waals surface area contributed by atoms with E-state index >= 15 is 0 Å². The van der Waals surface area contributed by atoms with Crippen molar-refractivity contribution in [2.75, 3.05) is 0 Å². The maximum absolute atomic E-state index is 12.8. The van der Waals surface area contributed by atoms with Gasteiger partial charge in [-0.1, -0.05) is 54.1 Å². The summed E-state index contributed by atoms with van der Waals surface area (Å²) in [5, 5.41) is 4.94. The molecule has 1 amide bonds. The van der Waals surface area contributed by atoms with Crippen molar-refractivity contribution in [2.24, 2.45) is 0 Å². The van der Waals surface area contributed by atoms with Crippen molar-refractivity contribution in [2.45, 2.75) is 45.3 Å². The summed E-state index contributed by atoms with van der Waals surface area (Å²) < 4.78 is 5.53. The first-order valence-electron chi connectivity index (χ1n) is 10.3. The topological polar surface area (TPSA) is 55.4 Å². The number of nitrogens with one attached hydrogen (secondary N) is 1. The van der Waals surface area contributed by atoms with E-state index in [9.17, 15) is 9.59 Å². The van der Waals surface area contributed by atoms with Crippen LogP contribution in [0.15, 0.2) is 60.0 Å². The zero-order valence-corrected chi connectivity index (χ0v) is 18.0. The summed E-state index contributed by atoms with van der Waals surface area (Å²) in [7, 11) is 0. The molecule has 1 aromatic heterocycles. The third-order valence-corrected chi connectivity index (χ3v) is 6.45. The number of thiophene rings is 1. The number of aryl methyl sites for hydroxylation is 2. The van der Waals surface area contributed by atoms with Crippen LogP contribution in [0.5, 0.6) is 0 Å². The van der Waals surface area contributed by atoms with E-state index in [1.54, 1.807) is 6.92 Å². The molecule has 4 nitrogen and oxygen atoms in total. The van der Waals surface area contributed by atoms with E-state index in [4.69, 9.17) is 4.74 Å². The lowest BCUT2D eigenvalue weighted by Gasteiger charge is -2.27. The van der Waals surface area contributed by atoms with Gasteiger partial charge in [-0.2, -0.15) is 0 Å². The highest BCUT2D eigenvalue weighted by atomic mass is 32.1. The molecule has 1 heterocycles.